The first-order valence-electron chi connectivity index (χ1n) is 11.6. The van der Waals surface area contributed by atoms with Gasteiger partial charge in [0.2, 0.25) is 0 Å². The van der Waals surface area contributed by atoms with Gasteiger partial charge < -0.3 is 19.7 Å². The number of carbonyl (C=O) groups excluding carboxylic acids is 2. The second kappa shape index (κ2) is 9.81. The van der Waals surface area contributed by atoms with Crippen molar-refractivity contribution in [3.05, 3.63) is 53.1 Å². The average molecular weight is 502 g/mol. The van der Waals surface area contributed by atoms with E-state index in [1.807, 2.05) is 0 Å². The summed E-state index contributed by atoms with van der Waals surface area (Å²) in [6.45, 7) is 8.06. The summed E-state index contributed by atoms with van der Waals surface area (Å²) in [5.74, 6) is -2.43. The number of fused-ring (bicyclic) bond motifs is 1. The standard InChI is InChI=1S/C25H29F2N5O4/c1-14-8-20-30-22(21-17(26)9-15(10-18(21)27)23(33)28-5)19(32(20)13-29-14)11-16-12-31(6-7-35-16)24(34)36-25(2,3)4/h8-10,13,16H,6-7,11-12H2,1-5H3,(H,28,33)/t16-/m0/s1. The van der Waals surface area contributed by atoms with E-state index in [9.17, 15) is 9.59 Å². The van der Waals surface area contributed by atoms with Gasteiger partial charge in [0, 0.05) is 37.3 Å². The van der Waals surface area contributed by atoms with Gasteiger partial charge in [-0.2, -0.15) is 0 Å². The fourth-order valence-corrected chi connectivity index (χ4v) is 4.11. The maximum absolute atomic E-state index is 15.2. The summed E-state index contributed by atoms with van der Waals surface area (Å²) in [5.41, 5.74) is 0.575. The van der Waals surface area contributed by atoms with Gasteiger partial charge in [0.25, 0.3) is 5.91 Å². The Labute approximate surface area is 207 Å². The molecule has 1 N–H and O–H groups in total. The molecule has 0 spiro atoms. The van der Waals surface area contributed by atoms with Crippen LogP contribution in [0.15, 0.2) is 24.5 Å². The van der Waals surface area contributed by atoms with E-state index in [1.54, 1.807) is 49.4 Å². The summed E-state index contributed by atoms with van der Waals surface area (Å²) in [4.78, 5) is 34.9. The Hall–Kier alpha value is -3.60. The van der Waals surface area contributed by atoms with Gasteiger partial charge >= 0.3 is 6.09 Å². The maximum Gasteiger partial charge on any atom is 0.410 e. The van der Waals surface area contributed by atoms with Crippen molar-refractivity contribution in [3.63, 3.8) is 0 Å². The van der Waals surface area contributed by atoms with E-state index in [-0.39, 0.29) is 36.4 Å². The van der Waals surface area contributed by atoms with Crippen molar-refractivity contribution in [2.75, 3.05) is 26.7 Å². The highest BCUT2D eigenvalue weighted by Gasteiger charge is 2.31. The summed E-state index contributed by atoms with van der Waals surface area (Å²) < 4.78 is 43.4. The van der Waals surface area contributed by atoms with Crippen LogP contribution in [0.1, 0.15) is 42.5 Å². The zero-order valence-corrected chi connectivity index (χ0v) is 20.9. The van der Waals surface area contributed by atoms with E-state index in [1.165, 1.54) is 7.05 Å². The summed E-state index contributed by atoms with van der Waals surface area (Å²) in [6, 6.07) is 3.67. The number of hydrogen-bond donors (Lipinski definition) is 1. The predicted molar refractivity (Wildman–Crippen MR) is 128 cm³/mol. The molecule has 3 aromatic rings. The number of benzene rings is 1. The first kappa shape index (κ1) is 25.5. The third-order valence-corrected chi connectivity index (χ3v) is 5.73. The molecule has 0 saturated carbocycles. The molecule has 9 nitrogen and oxygen atoms in total. The Bertz CT molecular complexity index is 1290. The second-order valence-corrected chi connectivity index (χ2v) is 9.68. The fourth-order valence-electron chi connectivity index (χ4n) is 4.11. The number of amides is 2. The molecule has 11 heteroatoms. The molecule has 0 bridgehead atoms. The summed E-state index contributed by atoms with van der Waals surface area (Å²) >= 11 is 0. The van der Waals surface area contributed by atoms with Crippen molar-refractivity contribution in [3.8, 4) is 11.3 Å². The smallest absolute Gasteiger partial charge is 0.410 e. The molecule has 1 aliphatic rings. The van der Waals surface area contributed by atoms with Crippen molar-refractivity contribution >= 4 is 17.6 Å². The molecule has 0 radical (unpaired) electrons. The van der Waals surface area contributed by atoms with Crippen LogP contribution in [0, 0.1) is 18.6 Å². The minimum Gasteiger partial charge on any atom is -0.444 e. The van der Waals surface area contributed by atoms with E-state index in [0.29, 0.717) is 23.6 Å². The van der Waals surface area contributed by atoms with Crippen LogP contribution in [0.25, 0.3) is 16.9 Å². The molecule has 0 aliphatic carbocycles. The summed E-state index contributed by atoms with van der Waals surface area (Å²) in [6.07, 6.45) is 0.826. The molecule has 36 heavy (non-hydrogen) atoms. The SMILES string of the molecule is CNC(=O)c1cc(F)c(-c2nc3cc(C)ncn3c2C[C@H]2CN(C(=O)OC(C)(C)C)CCO2)c(F)c1. The van der Waals surface area contributed by atoms with Crippen LogP contribution >= 0.6 is 0 Å². The van der Waals surface area contributed by atoms with Crippen LogP contribution in [0.5, 0.6) is 0 Å². The van der Waals surface area contributed by atoms with Crippen LogP contribution in [-0.4, -0.2) is 69.7 Å². The van der Waals surface area contributed by atoms with E-state index in [2.05, 4.69) is 15.3 Å². The molecule has 1 aromatic carbocycles. The number of ether oxygens (including phenoxy) is 2. The number of halogens is 2. The zero-order chi connectivity index (χ0) is 26.2. The van der Waals surface area contributed by atoms with Crippen molar-refractivity contribution in [1.82, 2.24) is 24.6 Å². The number of hydrogen-bond acceptors (Lipinski definition) is 6. The number of nitrogens with zero attached hydrogens (tertiary/aromatic N) is 4. The lowest BCUT2D eigenvalue weighted by Crippen LogP contribution is -2.48. The monoisotopic (exact) mass is 501 g/mol. The molecular weight excluding hydrogens is 472 g/mol. The summed E-state index contributed by atoms with van der Waals surface area (Å²) in [5, 5.41) is 2.36. The number of carbonyl (C=O) groups is 2. The van der Waals surface area contributed by atoms with E-state index >= 15 is 8.78 Å². The van der Waals surface area contributed by atoms with Gasteiger partial charge in [0.15, 0.2) is 0 Å². The van der Waals surface area contributed by atoms with Crippen LogP contribution < -0.4 is 5.32 Å². The van der Waals surface area contributed by atoms with E-state index < -0.39 is 35.3 Å². The Morgan fingerprint density at radius 2 is 1.92 bits per heavy atom. The number of aryl methyl sites for hydroxylation is 1. The van der Waals surface area contributed by atoms with Crippen molar-refractivity contribution in [2.24, 2.45) is 0 Å². The van der Waals surface area contributed by atoms with Gasteiger partial charge in [-0.05, 0) is 39.8 Å². The minimum absolute atomic E-state index is 0.0823. The molecule has 192 valence electrons. The van der Waals surface area contributed by atoms with Crippen molar-refractivity contribution in [2.45, 2.75) is 45.8 Å². The fraction of sp³-hybridized carbons (Fsp3) is 0.440. The highest BCUT2D eigenvalue weighted by Crippen LogP contribution is 2.32. The largest absolute Gasteiger partial charge is 0.444 e. The molecule has 1 aliphatic heterocycles. The molecule has 4 rings (SSSR count). The molecule has 1 fully saturated rings. The van der Waals surface area contributed by atoms with Crippen molar-refractivity contribution < 1.29 is 27.8 Å². The normalized spacial score (nSPS) is 16.3. The topological polar surface area (TPSA) is 98.1 Å². The van der Waals surface area contributed by atoms with Gasteiger partial charge in [-0.15, -0.1) is 0 Å². The number of aromatic nitrogens is 3. The lowest BCUT2D eigenvalue weighted by molar-refractivity contribution is -0.0418. The van der Waals surface area contributed by atoms with Gasteiger partial charge in [-0.25, -0.2) is 23.5 Å². The number of rotatable bonds is 4. The molecule has 2 amide bonds. The zero-order valence-electron chi connectivity index (χ0n) is 20.9. The first-order chi connectivity index (χ1) is 17.0. The Morgan fingerprint density at radius 3 is 2.56 bits per heavy atom. The highest BCUT2D eigenvalue weighted by atomic mass is 19.1. The first-order valence-corrected chi connectivity index (χ1v) is 11.6. The van der Waals surface area contributed by atoms with E-state index in [0.717, 1.165) is 12.1 Å². The molecule has 1 atom stereocenters. The van der Waals surface area contributed by atoms with Crippen LogP contribution in [0.3, 0.4) is 0 Å². The Kier molecular flexibility index (Phi) is 6.94. The third-order valence-electron chi connectivity index (χ3n) is 5.73. The predicted octanol–water partition coefficient (Wildman–Crippen LogP) is 3.52. The Balaban J connectivity index is 1.72. The van der Waals surface area contributed by atoms with Gasteiger partial charge in [-0.3, -0.25) is 9.20 Å². The average Bonchev–Trinajstić information content (AvgIpc) is 3.13. The minimum atomic E-state index is -0.914. The van der Waals surface area contributed by atoms with Crippen LogP contribution in [-0.2, 0) is 15.9 Å². The summed E-state index contributed by atoms with van der Waals surface area (Å²) in [7, 11) is 1.38. The maximum atomic E-state index is 15.2. The second-order valence-electron chi connectivity index (χ2n) is 9.68. The lowest BCUT2D eigenvalue weighted by Gasteiger charge is -2.34. The number of nitrogens with one attached hydrogen (secondary N) is 1. The molecule has 2 aromatic heterocycles. The quantitative estimate of drug-likeness (QED) is 0.588. The van der Waals surface area contributed by atoms with Crippen LogP contribution in [0.4, 0.5) is 13.6 Å². The molecule has 3 heterocycles. The van der Waals surface area contributed by atoms with Gasteiger partial charge in [0.1, 0.15) is 29.2 Å². The van der Waals surface area contributed by atoms with Crippen LogP contribution in [0.2, 0.25) is 0 Å². The molecule has 1 saturated heterocycles. The van der Waals surface area contributed by atoms with Crippen molar-refractivity contribution in [1.29, 1.82) is 0 Å². The third kappa shape index (κ3) is 5.30. The Morgan fingerprint density at radius 1 is 1.22 bits per heavy atom. The van der Waals surface area contributed by atoms with Gasteiger partial charge in [-0.1, -0.05) is 0 Å². The van der Waals surface area contributed by atoms with Gasteiger partial charge in [0.05, 0.1) is 36.2 Å². The highest BCUT2D eigenvalue weighted by molar-refractivity contribution is 5.94. The molecule has 0 unspecified atom stereocenters. The lowest BCUT2D eigenvalue weighted by atomic mass is 10.0. The number of morpholine rings is 1. The van der Waals surface area contributed by atoms with E-state index in [4.69, 9.17) is 9.47 Å². The molecular formula is C25H29F2N5O4. The number of imidazole rings is 1.